The molecule has 1 aliphatic rings. The smallest absolute Gasteiger partial charge is 0.330 e. The van der Waals surface area contributed by atoms with Crippen LogP contribution < -0.4 is 0 Å². The molecule has 1 saturated heterocycles. The topological polar surface area (TPSA) is 33.9 Å². The lowest BCUT2D eigenvalue weighted by Gasteiger charge is -2.25. The van der Waals surface area contributed by atoms with E-state index in [4.69, 9.17) is 11.3 Å². The van der Waals surface area contributed by atoms with E-state index in [1.54, 1.807) is 4.90 Å². The number of nitrogens with zero attached hydrogens (tertiary/aromatic N) is 2. The van der Waals surface area contributed by atoms with Crippen molar-refractivity contribution in [2.75, 3.05) is 19.7 Å². The maximum atomic E-state index is 10.8. The van der Waals surface area contributed by atoms with Crippen LogP contribution in [0.15, 0.2) is 0 Å². The van der Waals surface area contributed by atoms with Gasteiger partial charge >= 0.3 is 6.23 Å². The first-order chi connectivity index (χ1) is 5.24. The summed E-state index contributed by atoms with van der Waals surface area (Å²) in [5, 5.41) is 0. The molecule has 1 atom stereocenters. The average molecular weight is 154 g/mol. The fourth-order valence-corrected chi connectivity index (χ4v) is 0.996. The molecule has 1 fully saturated rings. The van der Waals surface area contributed by atoms with Crippen LogP contribution in [0.1, 0.15) is 6.92 Å². The first-order valence-corrected chi connectivity index (χ1v) is 3.47. The molecule has 0 bridgehead atoms. The van der Waals surface area contributed by atoms with E-state index in [0.717, 1.165) is 0 Å². The highest BCUT2D eigenvalue weighted by molar-refractivity contribution is 5.73. The lowest BCUT2D eigenvalue weighted by molar-refractivity contribution is -0.134. The van der Waals surface area contributed by atoms with Gasteiger partial charge in [0.05, 0.1) is 6.61 Å². The Labute approximate surface area is 65.6 Å². The van der Waals surface area contributed by atoms with Crippen LogP contribution in [-0.2, 0) is 9.53 Å². The monoisotopic (exact) mass is 154 g/mol. The van der Waals surface area contributed by atoms with Gasteiger partial charge in [-0.1, -0.05) is 0 Å². The van der Waals surface area contributed by atoms with Crippen molar-refractivity contribution in [2.24, 2.45) is 0 Å². The zero-order valence-electron chi connectivity index (χ0n) is 6.41. The molecule has 0 aliphatic carbocycles. The predicted octanol–water partition coefficient (Wildman–Crippen LogP) is 0.110. The van der Waals surface area contributed by atoms with Crippen molar-refractivity contribution in [3.63, 3.8) is 0 Å². The molecule has 0 aromatic heterocycles. The normalized spacial score (nSPS) is 24.4. The number of rotatable bonds is 0. The molecule has 0 aromatic carbocycles. The standard InChI is InChI=1S/C7H10N2O2/c1-6(10)9-3-4-11-7(5-9)8-2/h7H,3-5H2,1H3. The Morgan fingerprint density at radius 2 is 2.55 bits per heavy atom. The van der Waals surface area contributed by atoms with Crippen molar-refractivity contribution in [3.8, 4) is 0 Å². The van der Waals surface area contributed by atoms with Crippen LogP contribution in [0.2, 0.25) is 0 Å². The zero-order chi connectivity index (χ0) is 8.27. The summed E-state index contributed by atoms with van der Waals surface area (Å²) in [5.74, 6) is 0.0157. The number of carbonyl (C=O) groups is 1. The van der Waals surface area contributed by atoms with Crippen molar-refractivity contribution < 1.29 is 9.53 Å². The van der Waals surface area contributed by atoms with Crippen LogP contribution in [0.25, 0.3) is 4.85 Å². The molecule has 11 heavy (non-hydrogen) atoms. The quantitative estimate of drug-likeness (QED) is 0.464. The number of carbonyl (C=O) groups excluding carboxylic acids is 1. The molecule has 0 radical (unpaired) electrons. The van der Waals surface area contributed by atoms with Gasteiger partial charge in [-0.05, 0) is 0 Å². The van der Waals surface area contributed by atoms with Gasteiger partial charge in [-0.15, -0.1) is 0 Å². The maximum absolute atomic E-state index is 10.8. The summed E-state index contributed by atoms with van der Waals surface area (Å²) in [5.41, 5.74) is 0. The number of hydrogen-bond acceptors (Lipinski definition) is 2. The largest absolute Gasteiger partial charge is 0.345 e. The second kappa shape index (κ2) is 3.35. The zero-order valence-corrected chi connectivity index (χ0v) is 6.41. The molecule has 0 spiro atoms. The summed E-state index contributed by atoms with van der Waals surface area (Å²) in [7, 11) is 0. The fraction of sp³-hybridized carbons (Fsp3) is 0.714. The van der Waals surface area contributed by atoms with E-state index in [1.165, 1.54) is 6.92 Å². The summed E-state index contributed by atoms with van der Waals surface area (Å²) in [4.78, 5) is 15.7. The van der Waals surface area contributed by atoms with E-state index < -0.39 is 6.23 Å². The molecule has 60 valence electrons. The number of ether oxygens (including phenoxy) is 1. The van der Waals surface area contributed by atoms with Crippen LogP contribution in [0, 0.1) is 6.57 Å². The van der Waals surface area contributed by atoms with E-state index in [-0.39, 0.29) is 5.91 Å². The molecule has 0 aromatic rings. The molecule has 1 heterocycles. The Morgan fingerprint density at radius 1 is 1.82 bits per heavy atom. The Balaban J connectivity index is 2.47. The van der Waals surface area contributed by atoms with E-state index in [9.17, 15) is 4.79 Å². The van der Waals surface area contributed by atoms with Gasteiger partial charge in [0.15, 0.2) is 0 Å². The lowest BCUT2D eigenvalue weighted by Crippen LogP contribution is -2.43. The van der Waals surface area contributed by atoms with Crippen LogP contribution in [0.3, 0.4) is 0 Å². The molecular formula is C7H10N2O2. The van der Waals surface area contributed by atoms with Crippen molar-refractivity contribution in [1.29, 1.82) is 0 Å². The minimum Gasteiger partial charge on any atom is -0.330 e. The average Bonchev–Trinajstić information content (AvgIpc) is 2.05. The van der Waals surface area contributed by atoms with Gasteiger partial charge in [-0.2, -0.15) is 0 Å². The summed E-state index contributed by atoms with van der Waals surface area (Å²) in [6.07, 6.45) is -0.451. The molecule has 1 unspecified atom stereocenters. The Bertz CT molecular complexity index is 197. The van der Waals surface area contributed by atoms with E-state index in [1.807, 2.05) is 0 Å². The van der Waals surface area contributed by atoms with Crippen molar-refractivity contribution in [2.45, 2.75) is 13.2 Å². The highest BCUT2D eigenvalue weighted by atomic mass is 16.5. The third kappa shape index (κ3) is 1.92. The lowest BCUT2D eigenvalue weighted by atomic mass is 10.4. The van der Waals surface area contributed by atoms with Gasteiger partial charge in [0.2, 0.25) is 5.91 Å². The van der Waals surface area contributed by atoms with Crippen molar-refractivity contribution in [1.82, 2.24) is 4.90 Å². The minimum absolute atomic E-state index is 0.0157. The third-order valence-corrected chi connectivity index (χ3v) is 1.64. The molecule has 0 saturated carbocycles. The van der Waals surface area contributed by atoms with Gasteiger partial charge in [-0.25, -0.2) is 6.57 Å². The highest BCUT2D eigenvalue weighted by Gasteiger charge is 2.24. The SMILES string of the molecule is [C-]#[N+]C1CN(C(C)=O)CCO1. The van der Waals surface area contributed by atoms with Crippen LogP contribution in [-0.4, -0.2) is 36.7 Å². The minimum atomic E-state index is -0.451. The number of amides is 1. The van der Waals surface area contributed by atoms with Gasteiger partial charge in [0.1, 0.15) is 6.54 Å². The van der Waals surface area contributed by atoms with E-state index in [0.29, 0.717) is 19.7 Å². The summed E-state index contributed by atoms with van der Waals surface area (Å²) >= 11 is 0. The van der Waals surface area contributed by atoms with Gasteiger partial charge in [0.25, 0.3) is 0 Å². The van der Waals surface area contributed by atoms with Crippen LogP contribution in [0.4, 0.5) is 0 Å². The van der Waals surface area contributed by atoms with Crippen molar-refractivity contribution in [3.05, 3.63) is 11.4 Å². The maximum Gasteiger partial charge on any atom is 0.345 e. The first-order valence-electron chi connectivity index (χ1n) is 3.47. The van der Waals surface area contributed by atoms with Gasteiger partial charge in [-0.3, -0.25) is 9.64 Å². The molecule has 4 nitrogen and oxygen atoms in total. The van der Waals surface area contributed by atoms with E-state index >= 15 is 0 Å². The number of morpholine rings is 1. The third-order valence-electron chi connectivity index (χ3n) is 1.64. The summed E-state index contributed by atoms with van der Waals surface area (Å²) < 4.78 is 5.06. The Kier molecular flexibility index (Phi) is 2.44. The second-order valence-electron chi connectivity index (χ2n) is 2.42. The first kappa shape index (κ1) is 8.02. The molecule has 1 aliphatic heterocycles. The van der Waals surface area contributed by atoms with Crippen LogP contribution >= 0.6 is 0 Å². The molecule has 1 rings (SSSR count). The molecular weight excluding hydrogens is 144 g/mol. The van der Waals surface area contributed by atoms with Crippen molar-refractivity contribution >= 4 is 5.91 Å². The Hall–Kier alpha value is -1.08. The molecule has 4 heteroatoms. The van der Waals surface area contributed by atoms with E-state index in [2.05, 4.69) is 4.85 Å². The summed E-state index contributed by atoms with van der Waals surface area (Å²) in [6.45, 7) is 9.70. The molecule has 1 amide bonds. The molecule has 0 N–H and O–H groups in total. The summed E-state index contributed by atoms with van der Waals surface area (Å²) in [6, 6.07) is 0. The van der Waals surface area contributed by atoms with Gasteiger partial charge in [0, 0.05) is 13.5 Å². The van der Waals surface area contributed by atoms with Gasteiger partial charge < -0.3 is 9.64 Å². The predicted molar refractivity (Wildman–Crippen MR) is 38.6 cm³/mol. The number of hydrogen-bond donors (Lipinski definition) is 0. The fourth-order valence-electron chi connectivity index (χ4n) is 0.996. The van der Waals surface area contributed by atoms with Crippen LogP contribution in [0.5, 0.6) is 0 Å². The Morgan fingerprint density at radius 3 is 3.09 bits per heavy atom. The highest BCUT2D eigenvalue weighted by Crippen LogP contribution is 2.05. The second-order valence-corrected chi connectivity index (χ2v) is 2.42.